The third-order valence-electron chi connectivity index (χ3n) is 3.88. The van der Waals surface area contributed by atoms with Crippen molar-refractivity contribution in [2.24, 2.45) is 0 Å². The van der Waals surface area contributed by atoms with Crippen molar-refractivity contribution in [3.63, 3.8) is 0 Å². The lowest BCUT2D eigenvalue weighted by Gasteiger charge is -2.32. The van der Waals surface area contributed by atoms with Crippen LogP contribution in [0.2, 0.25) is 5.02 Å². The SMILES string of the molecule is CN1CCN(CC2=CS(=O)(=O)c3cc(Cl)ccc32)CC1. The van der Waals surface area contributed by atoms with E-state index in [1.165, 1.54) is 5.41 Å². The van der Waals surface area contributed by atoms with Crippen LogP contribution >= 0.6 is 11.6 Å². The van der Waals surface area contributed by atoms with Gasteiger partial charge in [0.05, 0.1) is 4.90 Å². The van der Waals surface area contributed by atoms with Gasteiger partial charge in [0, 0.05) is 43.2 Å². The Morgan fingerprint density at radius 3 is 2.60 bits per heavy atom. The lowest BCUT2D eigenvalue weighted by Crippen LogP contribution is -2.44. The second kappa shape index (κ2) is 5.15. The number of rotatable bonds is 2. The molecule has 0 radical (unpaired) electrons. The predicted molar refractivity (Wildman–Crippen MR) is 80.6 cm³/mol. The maximum Gasteiger partial charge on any atom is 0.200 e. The first-order valence-corrected chi connectivity index (χ1v) is 8.55. The summed E-state index contributed by atoms with van der Waals surface area (Å²) in [5, 5.41) is 1.85. The van der Waals surface area contributed by atoms with Gasteiger partial charge in [0.1, 0.15) is 0 Å². The van der Waals surface area contributed by atoms with Gasteiger partial charge in [-0.3, -0.25) is 4.90 Å². The standard InChI is InChI=1S/C14H17ClN2O2S/c1-16-4-6-17(7-5-16)9-11-10-20(18,19)14-8-12(15)2-3-13(11)14/h2-3,8,10H,4-7,9H2,1H3. The molecule has 0 amide bonds. The van der Waals surface area contributed by atoms with Crippen LogP contribution in [0.3, 0.4) is 0 Å². The van der Waals surface area contributed by atoms with E-state index < -0.39 is 9.84 Å². The van der Waals surface area contributed by atoms with Crippen molar-refractivity contribution < 1.29 is 8.42 Å². The summed E-state index contributed by atoms with van der Waals surface area (Å²) in [6.45, 7) is 4.66. The molecule has 0 aromatic heterocycles. The molecular formula is C14H17ClN2O2S. The molecule has 1 aromatic rings. The number of piperazine rings is 1. The molecule has 6 heteroatoms. The Morgan fingerprint density at radius 2 is 1.90 bits per heavy atom. The monoisotopic (exact) mass is 312 g/mol. The molecule has 0 atom stereocenters. The fraction of sp³-hybridized carbons (Fsp3) is 0.429. The summed E-state index contributed by atoms with van der Waals surface area (Å²) < 4.78 is 24.3. The molecular weight excluding hydrogens is 296 g/mol. The summed E-state index contributed by atoms with van der Waals surface area (Å²) in [4.78, 5) is 4.92. The summed E-state index contributed by atoms with van der Waals surface area (Å²) in [6, 6.07) is 5.10. The Balaban J connectivity index is 1.86. The molecule has 0 spiro atoms. The predicted octanol–water partition coefficient (Wildman–Crippen LogP) is 1.72. The molecule has 1 fully saturated rings. The Labute approximate surface area is 124 Å². The maximum absolute atomic E-state index is 12.1. The van der Waals surface area contributed by atoms with Gasteiger partial charge in [-0.2, -0.15) is 0 Å². The number of hydrogen-bond acceptors (Lipinski definition) is 4. The summed E-state index contributed by atoms with van der Waals surface area (Å²) in [5.41, 5.74) is 1.68. The van der Waals surface area contributed by atoms with Gasteiger partial charge in [0.2, 0.25) is 9.84 Å². The summed E-state index contributed by atoms with van der Waals surface area (Å²) in [5.74, 6) is 0. The Bertz CT molecular complexity index is 662. The number of hydrogen-bond donors (Lipinski definition) is 0. The van der Waals surface area contributed by atoms with E-state index in [0.717, 1.165) is 37.3 Å². The van der Waals surface area contributed by atoms with Crippen LogP contribution in [0.25, 0.3) is 5.57 Å². The van der Waals surface area contributed by atoms with Gasteiger partial charge in [-0.1, -0.05) is 17.7 Å². The minimum atomic E-state index is -3.32. The topological polar surface area (TPSA) is 40.6 Å². The highest BCUT2D eigenvalue weighted by Crippen LogP contribution is 2.35. The molecule has 0 saturated carbocycles. The molecule has 0 unspecified atom stereocenters. The van der Waals surface area contributed by atoms with E-state index in [0.29, 0.717) is 16.5 Å². The second-order valence-corrected chi connectivity index (χ2v) is 7.61. The first kappa shape index (κ1) is 14.1. The van der Waals surface area contributed by atoms with E-state index in [-0.39, 0.29) is 0 Å². The quantitative estimate of drug-likeness (QED) is 0.834. The van der Waals surface area contributed by atoms with Crippen molar-refractivity contribution in [1.82, 2.24) is 9.80 Å². The number of sulfone groups is 1. The summed E-state index contributed by atoms with van der Waals surface area (Å²) in [7, 11) is -1.22. The van der Waals surface area contributed by atoms with Gasteiger partial charge in [-0.15, -0.1) is 0 Å². The van der Waals surface area contributed by atoms with Crippen LogP contribution in [0.5, 0.6) is 0 Å². The normalized spacial score (nSPS) is 22.6. The average Bonchev–Trinajstić information content (AvgIpc) is 2.64. The number of benzene rings is 1. The van der Waals surface area contributed by atoms with Crippen LogP contribution in [-0.4, -0.2) is 58.0 Å². The number of nitrogens with zero attached hydrogens (tertiary/aromatic N) is 2. The zero-order chi connectivity index (χ0) is 14.3. The van der Waals surface area contributed by atoms with E-state index >= 15 is 0 Å². The average molecular weight is 313 g/mol. The maximum atomic E-state index is 12.1. The van der Waals surface area contributed by atoms with Gasteiger partial charge < -0.3 is 4.90 Å². The summed E-state index contributed by atoms with van der Waals surface area (Å²) >= 11 is 5.90. The van der Waals surface area contributed by atoms with Gasteiger partial charge in [0.15, 0.2) is 0 Å². The number of halogens is 1. The number of likely N-dealkylation sites (N-methyl/N-ethyl adjacent to an activating group) is 1. The van der Waals surface area contributed by atoms with Gasteiger partial charge in [-0.05, 0) is 30.3 Å². The van der Waals surface area contributed by atoms with Crippen LogP contribution in [0.1, 0.15) is 5.56 Å². The largest absolute Gasteiger partial charge is 0.304 e. The van der Waals surface area contributed by atoms with Crippen molar-refractivity contribution in [3.05, 3.63) is 34.2 Å². The third kappa shape index (κ3) is 2.63. The second-order valence-electron chi connectivity index (χ2n) is 5.41. The van der Waals surface area contributed by atoms with Crippen LogP contribution in [0.15, 0.2) is 28.5 Å². The molecule has 20 heavy (non-hydrogen) atoms. The smallest absolute Gasteiger partial charge is 0.200 e. The van der Waals surface area contributed by atoms with E-state index in [2.05, 4.69) is 16.8 Å². The van der Waals surface area contributed by atoms with E-state index in [4.69, 9.17) is 11.6 Å². The van der Waals surface area contributed by atoms with Crippen molar-refractivity contribution in [1.29, 1.82) is 0 Å². The number of fused-ring (bicyclic) bond motifs is 1. The first-order chi connectivity index (χ1) is 9.45. The zero-order valence-corrected chi connectivity index (χ0v) is 12.9. The Hall–Kier alpha value is -0.880. The Kier molecular flexibility index (Phi) is 3.62. The highest BCUT2D eigenvalue weighted by Gasteiger charge is 2.28. The van der Waals surface area contributed by atoms with E-state index in [1.54, 1.807) is 12.1 Å². The van der Waals surface area contributed by atoms with Crippen molar-refractivity contribution in [3.8, 4) is 0 Å². The molecule has 3 rings (SSSR count). The minimum absolute atomic E-state index is 0.342. The van der Waals surface area contributed by atoms with Crippen LogP contribution in [0, 0.1) is 0 Å². The van der Waals surface area contributed by atoms with E-state index in [1.807, 2.05) is 6.07 Å². The molecule has 1 saturated heterocycles. The molecule has 4 nitrogen and oxygen atoms in total. The van der Waals surface area contributed by atoms with Crippen LogP contribution in [-0.2, 0) is 9.84 Å². The lowest BCUT2D eigenvalue weighted by atomic mass is 10.1. The highest BCUT2D eigenvalue weighted by atomic mass is 35.5. The molecule has 0 bridgehead atoms. The van der Waals surface area contributed by atoms with Gasteiger partial charge >= 0.3 is 0 Å². The zero-order valence-electron chi connectivity index (χ0n) is 11.3. The molecule has 0 aliphatic carbocycles. The third-order valence-corrected chi connectivity index (χ3v) is 5.66. The molecule has 108 valence electrons. The fourth-order valence-corrected chi connectivity index (χ4v) is 4.42. The fourth-order valence-electron chi connectivity index (χ4n) is 2.68. The van der Waals surface area contributed by atoms with Gasteiger partial charge in [0.25, 0.3) is 0 Å². The minimum Gasteiger partial charge on any atom is -0.304 e. The van der Waals surface area contributed by atoms with Crippen LogP contribution < -0.4 is 0 Å². The van der Waals surface area contributed by atoms with Crippen molar-refractivity contribution in [2.45, 2.75) is 4.90 Å². The van der Waals surface area contributed by atoms with Crippen molar-refractivity contribution in [2.75, 3.05) is 39.8 Å². The lowest BCUT2D eigenvalue weighted by molar-refractivity contribution is 0.168. The van der Waals surface area contributed by atoms with Crippen LogP contribution in [0.4, 0.5) is 0 Å². The van der Waals surface area contributed by atoms with Gasteiger partial charge in [-0.25, -0.2) is 8.42 Å². The van der Waals surface area contributed by atoms with E-state index in [9.17, 15) is 8.42 Å². The van der Waals surface area contributed by atoms with Crippen molar-refractivity contribution >= 4 is 27.0 Å². The molecule has 2 aliphatic rings. The molecule has 1 aromatic carbocycles. The summed E-state index contributed by atoms with van der Waals surface area (Å²) in [6.07, 6.45) is 0. The first-order valence-electron chi connectivity index (χ1n) is 6.62. The highest BCUT2D eigenvalue weighted by molar-refractivity contribution is 7.95. The molecule has 0 N–H and O–H groups in total. The Morgan fingerprint density at radius 1 is 1.20 bits per heavy atom. The molecule has 2 heterocycles. The molecule has 2 aliphatic heterocycles.